The summed E-state index contributed by atoms with van der Waals surface area (Å²) in [6.07, 6.45) is 2.22. The zero-order valence-corrected chi connectivity index (χ0v) is 15.6. The normalized spacial score (nSPS) is 20.8. The van der Waals surface area contributed by atoms with Crippen molar-refractivity contribution >= 4 is 38.9 Å². The van der Waals surface area contributed by atoms with Crippen LogP contribution in [0.25, 0.3) is 0 Å². The lowest BCUT2D eigenvalue weighted by Crippen LogP contribution is -3.06. The molecule has 3 nitrogen and oxygen atoms in total. The second-order valence-corrected chi connectivity index (χ2v) is 8.66. The van der Waals surface area contributed by atoms with Gasteiger partial charge in [-0.25, -0.2) is 0 Å². The van der Waals surface area contributed by atoms with E-state index in [1.54, 1.807) is 0 Å². The van der Waals surface area contributed by atoms with Gasteiger partial charge in [-0.2, -0.15) is 0 Å². The van der Waals surface area contributed by atoms with Gasteiger partial charge in [0.05, 0.1) is 11.1 Å². The maximum Gasteiger partial charge on any atom is 0.171 e. The Labute approximate surface area is 141 Å². The first-order valence-corrected chi connectivity index (χ1v) is 8.56. The van der Waals surface area contributed by atoms with Crippen LogP contribution in [0.2, 0.25) is 0 Å². The molecule has 1 aliphatic heterocycles. The molecule has 0 atom stereocenters. The fraction of sp³-hybridized carbons (Fsp3) is 0.562. The van der Waals surface area contributed by atoms with Crippen LogP contribution in [0.1, 0.15) is 40.5 Å². The van der Waals surface area contributed by atoms with Crippen LogP contribution in [0.4, 0.5) is 5.69 Å². The molecule has 0 saturated carbocycles. The van der Waals surface area contributed by atoms with Gasteiger partial charge in [0.2, 0.25) is 0 Å². The monoisotopic (exact) mass is 370 g/mol. The fourth-order valence-corrected chi connectivity index (χ4v) is 4.05. The average Bonchev–Trinajstić information content (AvgIpc) is 2.27. The first-order valence-electron chi connectivity index (χ1n) is 7.35. The number of hydrogen-bond donors (Lipinski definition) is 3. The predicted molar refractivity (Wildman–Crippen MR) is 96.6 cm³/mol. The van der Waals surface area contributed by atoms with Crippen molar-refractivity contribution in [1.82, 2.24) is 5.32 Å². The number of halogens is 1. The molecule has 0 radical (unpaired) electrons. The maximum absolute atomic E-state index is 5.46. The van der Waals surface area contributed by atoms with Gasteiger partial charge in [0, 0.05) is 29.0 Å². The Bertz CT molecular complexity index is 495. The predicted octanol–water partition coefficient (Wildman–Crippen LogP) is 3.02. The highest BCUT2D eigenvalue weighted by molar-refractivity contribution is 9.10. The number of anilines is 1. The lowest BCUT2D eigenvalue weighted by atomic mass is 9.80. The van der Waals surface area contributed by atoms with E-state index in [-0.39, 0.29) is 11.1 Å². The molecule has 0 unspecified atom stereocenters. The molecule has 1 aromatic carbocycles. The minimum Gasteiger partial charge on any atom is -0.359 e. The Kier molecular flexibility index (Phi) is 4.96. The second-order valence-electron chi connectivity index (χ2n) is 7.33. The van der Waals surface area contributed by atoms with Crippen molar-refractivity contribution in [3.63, 3.8) is 0 Å². The zero-order valence-electron chi connectivity index (χ0n) is 13.2. The molecular weight excluding hydrogens is 346 g/mol. The van der Waals surface area contributed by atoms with Crippen LogP contribution in [-0.2, 0) is 0 Å². The Morgan fingerprint density at radius 3 is 2.19 bits per heavy atom. The van der Waals surface area contributed by atoms with Crippen molar-refractivity contribution in [3.8, 4) is 0 Å². The number of nitrogens with two attached hydrogens (primary N) is 1. The molecule has 2 rings (SSSR count). The number of piperidine rings is 1. The van der Waals surface area contributed by atoms with Crippen LogP contribution in [0.15, 0.2) is 28.7 Å². The molecule has 1 aromatic rings. The molecule has 21 heavy (non-hydrogen) atoms. The van der Waals surface area contributed by atoms with E-state index in [2.05, 4.69) is 59.6 Å². The third-order valence-electron chi connectivity index (χ3n) is 3.76. The highest BCUT2D eigenvalue weighted by atomic mass is 79.9. The van der Waals surface area contributed by atoms with Crippen molar-refractivity contribution in [1.29, 1.82) is 0 Å². The lowest BCUT2D eigenvalue weighted by molar-refractivity contribution is -0.787. The molecule has 0 aromatic heterocycles. The van der Waals surface area contributed by atoms with Crippen LogP contribution < -0.4 is 16.0 Å². The van der Waals surface area contributed by atoms with Crippen molar-refractivity contribution in [2.75, 3.05) is 5.32 Å². The molecule has 1 fully saturated rings. The molecule has 0 bridgehead atoms. The highest BCUT2D eigenvalue weighted by Gasteiger charge is 2.41. The number of rotatable bonds is 2. The van der Waals surface area contributed by atoms with Crippen LogP contribution in [0.3, 0.4) is 0 Å². The van der Waals surface area contributed by atoms with Gasteiger partial charge < -0.3 is 16.0 Å². The van der Waals surface area contributed by atoms with Gasteiger partial charge in [-0.3, -0.25) is 0 Å². The Hall–Kier alpha value is -0.650. The maximum atomic E-state index is 5.46. The zero-order chi connectivity index (χ0) is 15.7. The second kappa shape index (κ2) is 6.23. The van der Waals surface area contributed by atoms with Crippen molar-refractivity contribution in [2.45, 2.75) is 57.7 Å². The van der Waals surface area contributed by atoms with Crippen LogP contribution in [0, 0.1) is 0 Å². The molecule has 1 aliphatic rings. The summed E-state index contributed by atoms with van der Waals surface area (Å²) in [6.45, 7) is 9.20. The van der Waals surface area contributed by atoms with E-state index < -0.39 is 0 Å². The van der Waals surface area contributed by atoms with Crippen LogP contribution in [0.5, 0.6) is 0 Å². The highest BCUT2D eigenvalue weighted by Crippen LogP contribution is 2.22. The molecule has 0 aliphatic carbocycles. The summed E-state index contributed by atoms with van der Waals surface area (Å²) in [5.74, 6) is 0. The topological polar surface area (TPSA) is 40.7 Å². The molecule has 1 saturated heterocycles. The number of hydrogen-bond acceptors (Lipinski definition) is 1. The third-order valence-corrected chi connectivity index (χ3v) is 4.51. The van der Waals surface area contributed by atoms with Crippen molar-refractivity contribution < 1.29 is 5.32 Å². The fourth-order valence-electron chi connectivity index (χ4n) is 3.51. The number of nitrogens with one attached hydrogen (secondary N) is 2. The van der Waals surface area contributed by atoms with Gasteiger partial charge in [0.25, 0.3) is 0 Å². The molecule has 4 N–H and O–H groups in total. The lowest BCUT2D eigenvalue weighted by Gasteiger charge is -2.43. The molecule has 0 spiro atoms. The molecule has 1 heterocycles. The Morgan fingerprint density at radius 1 is 1.14 bits per heavy atom. The van der Waals surface area contributed by atoms with Gasteiger partial charge in [-0.05, 0) is 64.2 Å². The van der Waals surface area contributed by atoms with E-state index in [9.17, 15) is 0 Å². The van der Waals surface area contributed by atoms with Gasteiger partial charge in [-0.1, -0.05) is 15.9 Å². The molecule has 116 valence electrons. The summed E-state index contributed by atoms with van der Waals surface area (Å²) < 4.78 is 1.07. The average molecular weight is 371 g/mol. The molecule has 0 amide bonds. The minimum absolute atomic E-state index is 0.243. The quantitative estimate of drug-likeness (QED) is 0.700. The third kappa shape index (κ3) is 5.24. The van der Waals surface area contributed by atoms with Gasteiger partial charge >= 0.3 is 0 Å². The standard InChI is InChI=1S/C16H24BrN3S/c1-15(2)9-13(10-16(3,4)20-15)19-14(21)18-12-7-5-11(17)6-8-12/h5-8,13,20H,9-10H2,1-4H3,(H2,18,19,21)/p+1. The first-order chi connectivity index (χ1) is 9.65. The van der Waals surface area contributed by atoms with Crippen molar-refractivity contribution in [2.24, 2.45) is 0 Å². The Morgan fingerprint density at radius 2 is 1.67 bits per heavy atom. The Balaban J connectivity index is 1.94. The van der Waals surface area contributed by atoms with Crippen LogP contribution >= 0.6 is 28.1 Å². The summed E-state index contributed by atoms with van der Waals surface area (Å²) in [6, 6.07) is 8.45. The summed E-state index contributed by atoms with van der Waals surface area (Å²) in [7, 11) is 0. The first kappa shape index (κ1) is 16.7. The van der Waals surface area contributed by atoms with E-state index in [4.69, 9.17) is 12.2 Å². The van der Waals surface area contributed by atoms with Crippen LogP contribution in [-0.4, -0.2) is 22.2 Å². The van der Waals surface area contributed by atoms with E-state index in [0.717, 1.165) is 23.0 Å². The van der Waals surface area contributed by atoms with Gasteiger partial charge in [0.15, 0.2) is 5.11 Å². The minimum atomic E-state index is 0.243. The van der Waals surface area contributed by atoms with E-state index in [1.165, 1.54) is 0 Å². The summed E-state index contributed by atoms with van der Waals surface area (Å²) >= 11 is 8.89. The van der Waals surface area contributed by atoms with E-state index >= 15 is 0 Å². The molecule has 5 heteroatoms. The number of quaternary nitrogens is 1. The largest absolute Gasteiger partial charge is 0.359 e. The van der Waals surface area contributed by atoms with Crippen molar-refractivity contribution in [3.05, 3.63) is 28.7 Å². The van der Waals surface area contributed by atoms with E-state index in [1.807, 2.05) is 24.3 Å². The number of benzene rings is 1. The summed E-state index contributed by atoms with van der Waals surface area (Å²) in [4.78, 5) is 0. The SMILES string of the molecule is CC1(C)CC(NC(=S)Nc2ccc(Br)cc2)CC(C)(C)[NH2+]1. The smallest absolute Gasteiger partial charge is 0.171 e. The van der Waals surface area contributed by atoms with Gasteiger partial charge in [0.1, 0.15) is 0 Å². The molecular formula is C16H25BrN3S+. The number of thiocarbonyl (C=S) groups is 1. The van der Waals surface area contributed by atoms with Gasteiger partial charge in [-0.15, -0.1) is 0 Å². The van der Waals surface area contributed by atoms with E-state index in [0.29, 0.717) is 11.2 Å². The summed E-state index contributed by atoms with van der Waals surface area (Å²) in [5.41, 5.74) is 1.50. The summed E-state index contributed by atoms with van der Waals surface area (Å²) in [5, 5.41) is 9.92.